The fourth-order valence-corrected chi connectivity index (χ4v) is 2.35. The molecule has 0 spiro atoms. The number of anilines is 1. The Balaban J connectivity index is 2.06. The van der Waals surface area contributed by atoms with Gasteiger partial charge in [-0.1, -0.05) is 18.2 Å². The second-order valence-electron chi connectivity index (χ2n) is 6.21. The van der Waals surface area contributed by atoms with E-state index in [1.807, 2.05) is 0 Å². The van der Waals surface area contributed by atoms with Crippen molar-refractivity contribution >= 4 is 17.6 Å². The maximum atomic E-state index is 13.1. The van der Waals surface area contributed by atoms with E-state index in [4.69, 9.17) is 5.73 Å². The van der Waals surface area contributed by atoms with Crippen molar-refractivity contribution in [2.75, 3.05) is 12.8 Å². The molecule has 1 unspecified atom stereocenters. The van der Waals surface area contributed by atoms with E-state index in [1.165, 1.54) is 12.1 Å². The Morgan fingerprint density at radius 1 is 1.11 bits per heavy atom. The zero-order chi connectivity index (χ0) is 19.8. The molecule has 5 N–H and O–H groups in total. The molecule has 0 bridgehead atoms. The Labute approximate surface area is 157 Å². The molecule has 0 aliphatic heterocycles. The number of nitrogens with zero attached hydrogens (tertiary/aromatic N) is 1. The number of carbonyl (C=O) groups is 2. The van der Waals surface area contributed by atoms with Gasteiger partial charge in [0.1, 0.15) is 17.7 Å². The van der Waals surface area contributed by atoms with Gasteiger partial charge in [0.25, 0.3) is 0 Å². The average Bonchev–Trinajstić information content (AvgIpc) is 2.67. The molecule has 1 aromatic carbocycles. The van der Waals surface area contributed by atoms with Gasteiger partial charge in [0.05, 0.1) is 6.04 Å². The number of amides is 2. The topological polar surface area (TPSA) is 109 Å². The predicted molar refractivity (Wildman–Crippen MR) is 101 cm³/mol. The number of nitrogens with two attached hydrogens (primary N) is 1. The molecule has 2 rings (SSSR count). The van der Waals surface area contributed by atoms with Crippen molar-refractivity contribution in [3.05, 3.63) is 59.5 Å². The van der Waals surface area contributed by atoms with Gasteiger partial charge in [-0.2, -0.15) is 0 Å². The van der Waals surface area contributed by atoms with E-state index in [0.29, 0.717) is 5.82 Å². The van der Waals surface area contributed by atoms with Crippen LogP contribution in [0, 0.1) is 5.82 Å². The highest BCUT2D eigenvalue weighted by molar-refractivity contribution is 5.89. The van der Waals surface area contributed by atoms with Crippen molar-refractivity contribution in [3.63, 3.8) is 0 Å². The Bertz CT molecular complexity index is 765. The molecule has 2 aromatic rings. The number of pyridine rings is 1. The monoisotopic (exact) mass is 373 g/mol. The smallest absolute Gasteiger partial charge is 0.243 e. The first kappa shape index (κ1) is 20.3. The second-order valence-corrected chi connectivity index (χ2v) is 6.21. The number of carbonyl (C=O) groups excluding carboxylic acids is 2. The van der Waals surface area contributed by atoms with Crippen molar-refractivity contribution in [1.29, 1.82) is 0 Å². The van der Waals surface area contributed by atoms with Crippen LogP contribution < -0.4 is 21.7 Å². The van der Waals surface area contributed by atoms with Gasteiger partial charge in [0.2, 0.25) is 11.8 Å². The summed E-state index contributed by atoms with van der Waals surface area (Å²) in [7, 11) is 1.66. The SMILES string of the molecule is CNC(C)C(=O)N[C@@H](Cc1ccc(F)cc1)C(=O)NCc1ccc(N)nc1. The molecule has 144 valence electrons. The van der Waals surface area contributed by atoms with Crippen LogP contribution in [0.3, 0.4) is 0 Å². The summed E-state index contributed by atoms with van der Waals surface area (Å²) in [6.07, 6.45) is 1.82. The lowest BCUT2D eigenvalue weighted by Crippen LogP contribution is -2.52. The van der Waals surface area contributed by atoms with Crippen LogP contribution in [0.4, 0.5) is 10.2 Å². The molecule has 1 heterocycles. The van der Waals surface area contributed by atoms with Gasteiger partial charge < -0.3 is 21.7 Å². The zero-order valence-electron chi connectivity index (χ0n) is 15.3. The molecule has 0 radical (unpaired) electrons. The van der Waals surface area contributed by atoms with Gasteiger partial charge in [-0.05, 0) is 43.3 Å². The Morgan fingerprint density at radius 3 is 2.37 bits per heavy atom. The molecule has 0 aliphatic rings. The van der Waals surface area contributed by atoms with Crippen LogP contribution in [0.5, 0.6) is 0 Å². The number of nitrogen functional groups attached to an aromatic ring is 1. The summed E-state index contributed by atoms with van der Waals surface area (Å²) in [5.41, 5.74) is 7.07. The van der Waals surface area contributed by atoms with E-state index in [0.717, 1.165) is 11.1 Å². The van der Waals surface area contributed by atoms with E-state index in [2.05, 4.69) is 20.9 Å². The van der Waals surface area contributed by atoms with Gasteiger partial charge in [-0.3, -0.25) is 9.59 Å². The quantitative estimate of drug-likeness (QED) is 0.546. The van der Waals surface area contributed by atoms with Crippen molar-refractivity contribution in [3.8, 4) is 0 Å². The first-order chi connectivity index (χ1) is 12.9. The van der Waals surface area contributed by atoms with Gasteiger partial charge in [-0.25, -0.2) is 9.37 Å². The standard InChI is InChI=1S/C19H24FN5O2/c1-12(22-2)18(26)25-16(9-13-3-6-15(20)7-4-13)19(27)24-11-14-5-8-17(21)23-10-14/h3-8,10,12,16,22H,9,11H2,1-2H3,(H2,21,23)(H,24,27)(H,25,26)/t12?,16-/m0/s1. The summed E-state index contributed by atoms with van der Waals surface area (Å²) in [5, 5.41) is 8.35. The molecule has 27 heavy (non-hydrogen) atoms. The van der Waals surface area contributed by atoms with Crippen LogP contribution in [-0.4, -0.2) is 35.9 Å². The number of nitrogens with one attached hydrogen (secondary N) is 3. The Morgan fingerprint density at radius 2 is 1.78 bits per heavy atom. The van der Waals surface area contributed by atoms with Crippen molar-refractivity contribution in [2.45, 2.75) is 32.0 Å². The Kier molecular flexibility index (Phi) is 7.25. The van der Waals surface area contributed by atoms with Crippen LogP contribution in [0.15, 0.2) is 42.6 Å². The van der Waals surface area contributed by atoms with Crippen LogP contribution in [0.25, 0.3) is 0 Å². The van der Waals surface area contributed by atoms with Crippen LogP contribution >= 0.6 is 0 Å². The number of rotatable bonds is 8. The highest BCUT2D eigenvalue weighted by Crippen LogP contribution is 2.07. The number of hydrogen-bond acceptors (Lipinski definition) is 5. The zero-order valence-corrected chi connectivity index (χ0v) is 15.3. The lowest BCUT2D eigenvalue weighted by Gasteiger charge is -2.21. The third-order valence-corrected chi connectivity index (χ3v) is 4.13. The molecule has 2 atom stereocenters. The minimum atomic E-state index is -0.791. The molecular weight excluding hydrogens is 349 g/mol. The highest BCUT2D eigenvalue weighted by Gasteiger charge is 2.23. The fourth-order valence-electron chi connectivity index (χ4n) is 2.35. The maximum Gasteiger partial charge on any atom is 0.243 e. The number of hydrogen-bond donors (Lipinski definition) is 4. The first-order valence-corrected chi connectivity index (χ1v) is 8.59. The molecule has 0 saturated heterocycles. The average molecular weight is 373 g/mol. The summed E-state index contributed by atoms with van der Waals surface area (Å²) < 4.78 is 13.1. The number of likely N-dealkylation sites (N-methyl/N-ethyl adjacent to an activating group) is 1. The molecular formula is C19H24FN5O2. The van der Waals surface area contributed by atoms with Crippen LogP contribution in [0.2, 0.25) is 0 Å². The molecule has 0 fully saturated rings. The number of benzene rings is 1. The molecule has 2 amide bonds. The van der Waals surface area contributed by atoms with E-state index >= 15 is 0 Å². The van der Waals surface area contributed by atoms with Crippen molar-refractivity contribution in [2.24, 2.45) is 0 Å². The molecule has 0 aliphatic carbocycles. The van der Waals surface area contributed by atoms with Gasteiger partial charge in [-0.15, -0.1) is 0 Å². The normalized spacial score (nSPS) is 12.9. The van der Waals surface area contributed by atoms with E-state index in [9.17, 15) is 14.0 Å². The molecule has 1 aromatic heterocycles. The van der Waals surface area contributed by atoms with Crippen molar-refractivity contribution in [1.82, 2.24) is 20.9 Å². The van der Waals surface area contributed by atoms with Gasteiger partial charge in [0, 0.05) is 19.2 Å². The predicted octanol–water partition coefficient (Wildman–Crippen LogP) is 0.755. The minimum absolute atomic E-state index is 0.244. The largest absolute Gasteiger partial charge is 0.384 e. The molecule has 7 nitrogen and oxygen atoms in total. The summed E-state index contributed by atoms with van der Waals surface area (Å²) in [5.74, 6) is -0.599. The lowest BCUT2D eigenvalue weighted by molar-refractivity contribution is -0.129. The van der Waals surface area contributed by atoms with Crippen LogP contribution in [0.1, 0.15) is 18.1 Å². The van der Waals surface area contributed by atoms with Gasteiger partial charge >= 0.3 is 0 Å². The number of halogens is 1. The van der Waals surface area contributed by atoms with E-state index in [-0.39, 0.29) is 30.6 Å². The Hall–Kier alpha value is -3.00. The van der Waals surface area contributed by atoms with E-state index < -0.39 is 12.1 Å². The summed E-state index contributed by atoms with van der Waals surface area (Å²) >= 11 is 0. The summed E-state index contributed by atoms with van der Waals surface area (Å²) in [6.45, 7) is 1.95. The second kappa shape index (κ2) is 9.63. The molecule has 8 heteroatoms. The molecule has 0 saturated carbocycles. The lowest BCUT2D eigenvalue weighted by atomic mass is 10.0. The van der Waals surface area contributed by atoms with E-state index in [1.54, 1.807) is 44.4 Å². The minimum Gasteiger partial charge on any atom is -0.384 e. The van der Waals surface area contributed by atoms with Crippen LogP contribution in [-0.2, 0) is 22.6 Å². The number of aromatic nitrogens is 1. The van der Waals surface area contributed by atoms with Crippen molar-refractivity contribution < 1.29 is 14.0 Å². The summed E-state index contributed by atoms with van der Waals surface area (Å²) in [4.78, 5) is 28.8. The van der Waals surface area contributed by atoms with Gasteiger partial charge in [0.15, 0.2) is 0 Å². The highest BCUT2D eigenvalue weighted by atomic mass is 19.1. The first-order valence-electron chi connectivity index (χ1n) is 8.59. The fraction of sp³-hybridized carbons (Fsp3) is 0.316. The third-order valence-electron chi connectivity index (χ3n) is 4.13. The third kappa shape index (κ3) is 6.34. The summed E-state index contributed by atoms with van der Waals surface area (Å²) in [6, 6.07) is 7.99. The maximum absolute atomic E-state index is 13.1.